The Hall–Kier alpha value is -2.21. The fourth-order valence-electron chi connectivity index (χ4n) is 4.86. The molecule has 4 rings (SSSR count). The average molecular weight is 472 g/mol. The van der Waals surface area contributed by atoms with E-state index in [4.69, 9.17) is 0 Å². The van der Waals surface area contributed by atoms with Crippen LogP contribution in [0.25, 0.3) is 0 Å². The van der Waals surface area contributed by atoms with Gasteiger partial charge in [-0.3, -0.25) is 4.79 Å². The number of sulfonamides is 1. The number of hydrogen-bond donors (Lipinski definition) is 1. The van der Waals surface area contributed by atoms with Gasteiger partial charge in [-0.1, -0.05) is 20.8 Å². The van der Waals surface area contributed by atoms with E-state index in [1.54, 1.807) is 16.4 Å². The molecule has 2 heterocycles. The normalized spacial score (nSPS) is 23.9. The summed E-state index contributed by atoms with van der Waals surface area (Å²) in [6, 6.07) is 8.34. The fraction of sp³-hybridized carbons (Fsp3) is 0.500. The summed E-state index contributed by atoms with van der Waals surface area (Å²) in [6.07, 6.45) is 3.88. The summed E-state index contributed by atoms with van der Waals surface area (Å²) in [7, 11) is -3.59. The lowest BCUT2D eigenvalue weighted by molar-refractivity contribution is 0.102. The summed E-state index contributed by atoms with van der Waals surface area (Å²) in [6.45, 7) is 7.39. The Bertz CT molecular complexity index is 1150. The van der Waals surface area contributed by atoms with E-state index in [2.05, 4.69) is 32.2 Å². The van der Waals surface area contributed by atoms with Gasteiger partial charge in [0.25, 0.3) is 5.91 Å². The van der Waals surface area contributed by atoms with Crippen LogP contribution in [0.1, 0.15) is 60.0 Å². The van der Waals surface area contributed by atoms with Crippen LogP contribution < -0.4 is 5.32 Å². The van der Waals surface area contributed by atoms with Gasteiger partial charge in [0.2, 0.25) is 10.0 Å². The van der Waals surface area contributed by atoms with Gasteiger partial charge in [0.15, 0.2) is 0 Å². The number of benzene rings is 1. The first kappa shape index (κ1) is 23.0. The second-order valence-electron chi connectivity index (χ2n) is 9.41. The van der Waals surface area contributed by atoms with Gasteiger partial charge < -0.3 is 5.32 Å². The number of nitrogens with one attached hydrogen (secondary N) is 1. The first-order valence-electron chi connectivity index (χ1n) is 11.1. The van der Waals surface area contributed by atoms with E-state index in [9.17, 15) is 18.5 Å². The SMILES string of the molecule is C[C@@H]1CCc2c(sc(NC(=O)c3ccc(S(=O)(=O)N4C[C@@H](C)C[C@H](C)C4)cc3)c2C#N)C1. The largest absolute Gasteiger partial charge is 0.312 e. The van der Waals surface area contributed by atoms with Crippen molar-refractivity contribution < 1.29 is 13.2 Å². The zero-order chi connectivity index (χ0) is 23.0. The molecule has 0 bridgehead atoms. The topological polar surface area (TPSA) is 90.3 Å². The summed E-state index contributed by atoms with van der Waals surface area (Å²) < 4.78 is 27.7. The molecule has 1 amide bonds. The molecule has 2 aromatic rings. The van der Waals surface area contributed by atoms with Gasteiger partial charge in [0.05, 0.1) is 10.5 Å². The number of carbonyl (C=O) groups is 1. The number of amides is 1. The molecule has 2 aliphatic rings. The van der Waals surface area contributed by atoms with Gasteiger partial charge in [-0.15, -0.1) is 11.3 Å². The highest BCUT2D eigenvalue weighted by Crippen LogP contribution is 2.39. The van der Waals surface area contributed by atoms with Crippen LogP contribution in [0.3, 0.4) is 0 Å². The Morgan fingerprint density at radius 2 is 1.78 bits per heavy atom. The second-order valence-corrected chi connectivity index (χ2v) is 12.5. The third kappa shape index (κ3) is 4.47. The zero-order valence-electron chi connectivity index (χ0n) is 18.7. The highest BCUT2D eigenvalue weighted by atomic mass is 32.2. The number of carbonyl (C=O) groups excluding carboxylic acids is 1. The van der Waals surface area contributed by atoms with Crippen LogP contribution in [0.4, 0.5) is 5.00 Å². The maximum Gasteiger partial charge on any atom is 0.256 e. The molecule has 1 fully saturated rings. The van der Waals surface area contributed by atoms with Crippen molar-refractivity contribution in [3.8, 4) is 6.07 Å². The number of nitriles is 1. The van der Waals surface area contributed by atoms with Crippen LogP contribution in [-0.4, -0.2) is 31.7 Å². The molecule has 0 unspecified atom stereocenters. The number of nitrogens with zero attached hydrogens (tertiary/aromatic N) is 2. The van der Waals surface area contributed by atoms with Gasteiger partial charge in [-0.2, -0.15) is 9.57 Å². The number of anilines is 1. The lowest BCUT2D eigenvalue weighted by Gasteiger charge is -2.34. The van der Waals surface area contributed by atoms with E-state index < -0.39 is 10.0 Å². The molecule has 1 N–H and O–H groups in total. The second kappa shape index (κ2) is 8.97. The number of thiophene rings is 1. The predicted molar refractivity (Wildman–Crippen MR) is 126 cm³/mol. The van der Waals surface area contributed by atoms with E-state index in [-0.39, 0.29) is 10.8 Å². The summed E-state index contributed by atoms with van der Waals surface area (Å²) >= 11 is 1.48. The van der Waals surface area contributed by atoms with Crippen molar-refractivity contribution in [2.24, 2.45) is 17.8 Å². The molecule has 1 aromatic carbocycles. The van der Waals surface area contributed by atoms with Crippen molar-refractivity contribution in [3.63, 3.8) is 0 Å². The molecular formula is C24H29N3O3S2. The van der Waals surface area contributed by atoms with Gasteiger partial charge in [-0.05, 0) is 73.3 Å². The number of hydrogen-bond acceptors (Lipinski definition) is 5. The van der Waals surface area contributed by atoms with Gasteiger partial charge in [0, 0.05) is 23.5 Å². The fourth-order valence-corrected chi connectivity index (χ4v) is 7.90. The van der Waals surface area contributed by atoms with Crippen LogP contribution in [-0.2, 0) is 22.9 Å². The van der Waals surface area contributed by atoms with Crippen molar-refractivity contribution in [1.29, 1.82) is 5.26 Å². The first-order valence-corrected chi connectivity index (χ1v) is 13.4. The minimum absolute atomic E-state index is 0.202. The molecule has 3 atom stereocenters. The molecule has 0 saturated carbocycles. The lowest BCUT2D eigenvalue weighted by atomic mass is 9.88. The average Bonchev–Trinajstić information content (AvgIpc) is 3.08. The Morgan fingerprint density at radius 1 is 1.12 bits per heavy atom. The summed E-state index contributed by atoms with van der Waals surface area (Å²) in [5.74, 6) is 0.897. The molecule has 0 radical (unpaired) electrons. The minimum Gasteiger partial charge on any atom is -0.312 e. The van der Waals surface area contributed by atoms with Crippen molar-refractivity contribution in [1.82, 2.24) is 4.31 Å². The molecule has 8 heteroatoms. The standard InChI is InChI=1S/C24H29N3O3S2/c1-15-4-9-20-21(12-25)24(31-22(20)11-15)26-23(28)18-5-7-19(8-6-18)32(29,30)27-13-16(2)10-17(3)14-27/h5-8,15-17H,4,9-11,13-14H2,1-3H3,(H,26,28)/t15-,16+,17+/m1/s1. The van der Waals surface area contributed by atoms with E-state index in [1.807, 2.05) is 0 Å². The van der Waals surface area contributed by atoms with Crippen molar-refractivity contribution in [2.75, 3.05) is 18.4 Å². The van der Waals surface area contributed by atoms with Crippen LogP contribution in [0.15, 0.2) is 29.2 Å². The maximum atomic E-state index is 13.1. The molecule has 1 aliphatic heterocycles. The maximum absolute atomic E-state index is 13.1. The Balaban J connectivity index is 1.51. The number of piperidine rings is 1. The smallest absolute Gasteiger partial charge is 0.256 e. The Morgan fingerprint density at radius 3 is 2.41 bits per heavy atom. The van der Waals surface area contributed by atoms with Crippen LogP contribution >= 0.6 is 11.3 Å². The van der Waals surface area contributed by atoms with Gasteiger partial charge in [-0.25, -0.2) is 8.42 Å². The lowest BCUT2D eigenvalue weighted by Crippen LogP contribution is -2.42. The first-order chi connectivity index (χ1) is 15.2. The van der Waals surface area contributed by atoms with Crippen molar-refractivity contribution in [2.45, 2.75) is 51.3 Å². The molecular weight excluding hydrogens is 442 g/mol. The molecule has 6 nitrogen and oxygen atoms in total. The van der Waals surface area contributed by atoms with Crippen LogP contribution in [0.2, 0.25) is 0 Å². The predicted octanol–water partition coefficient (Wildman–Crippen LogP) is 4.66. The van der Waals surface area contributed by atoms with Crippen molar-refractivity contribution >= 4 is 32.3 Å². The Kier molecular flexibility index (Phi) is 6.44. The van der Waals surface area contributed by atoms with E-state index in [1.165, 1.54) is 28.3 Å². The molecule has 0 spiro atoms. The van der Waals surface area contributed by atoms with E-state index in [0.29, 0.717) is 47.0 Å². The molecule has 170 valence electrons. The zero-order valence-corrected chi connectivity index (χ0v) is 20.4. The van der Waals surface area contributed by atoms with Gasteiger partial charge >= 0.3 is 0 Å². The third-order valence-electron chi connectivity index (χ3n) is 6.44. The van der Waals surface area contributed by atoms with Crippen LogP contribution in [0.5, 0.6) is 0 Å². The molecule has 32 heavy (non-hydrogen) atoms. The van der Waals surface area contributed by atoms with E-state index in [0.717, 1.165) is 31.2 Å². The third-order valence-corrected chi connectivity index (χ3v) is 9.46. The minimum atomic E-state index is -3.59. The monoisotopic (exact) mass is 471 g/mol. The molecule has 1 aromatic heterocycles. The van der Waals surface area contributed by atoms with Gasteiger partial charge in [0.1, 0.15) is 11.1 Å². The summed E-state index contributed by atoms with van der Waals surface area (Å²) in [5, 5.41) is 13.1. The van der Waals surface area contributed by atoms with Crippen molar-refractivity contribution in [3.05, 3.63) is 45.8 Å². The van der Waals surface area contributed by atoms with Crippen LogP contribution in [0, 0.1) is 29.1 Å². The highest BCUT2D eigenvalue weighted by Gasteiger charge is 2.32. The number of fused-ring (bicyclic) bond motifs is 1. The summed E-state index contributed by atoms with van der Waals surface area (Å²) in [5.41, 5.74) is 2.00. The summed E-state index contributed by atoms with van der Waals surface area (Å²) in [4.78, 5) is 14.2. The Labute approximate surface area is 194 Å². The number of rotatable bonds is 4. The quantitative estimate of drug-likeness (QED) is 0.702. The molecule has 1 saturated heterocycles. The highest BCUT2D eigenvalue weighted by molar-refractivity contribution is 7.89. The van der Waals surface area contributed by atoms with E-state index >= 15 is 0 Å². The molecule has 1 aliphatic carbocycles.